The van der Waals surface area contributed by atoms with Gasteiger partial charge in [0.05, 0.1) is 5.69 Å². The van der Waals surface area contributed by atoms with Crippen LogP contribution in [0.15, 0.2) is 60.8 Å². The Labute approximate surface area is 116 Å². The Hall–Kier alpha value is -1.90. The fraction of sp³-hybridized carbons (Fsp3) is 0.0625. The van der Waals surface area contributed by atoms with Crippen LogP contribution in [0.5, 0.6) is 0 Å². The maximum atomic E-state index is 10.5. The predicted molar refractivity (Wildman–Crippen MR) is 77.3 cm³/mol. The van der Waals surface area contributed by atoms with Crippen molar-refractivity contribution in [1.29, 1.82) is 0 Å². The first-order valence-corrected chi connectivity index (χ1v) is 6.41. The van der Waals surface area contributed by atoms with Crippen molar-refractivity contribution in [2.24, 2.45) is 0 Å². The van der Waals surface area contributed by atoms with Crippen LogP contribution in [0.4, 0.5) is 0 Å². The number of hydrogen-bond donors (Lipinski definition) is 1. The first-order chi connectivity index (χ1) is 9.25. The lowest BCUT2D eigenvalue weighted by Gasteiger charge is -2.13. The number of hydrogen-bond acceptors (Lipinski definition) is 2. The summed E-state index contributed by atoms with van der Waals surface area (Å²) in [6.45, 7) is 0. The molecule has 0 saturated carbocycles. The van der Waals surface area contributed by atoms with E-state index in [2.05, 4.69) is 4.98 Å². The molecule has 1 heterocycles. The lowest BCUT2D eigenvalue weighted by atomic mass is 10.0. The molecule has 3 rings (SSSR count). The summed E-state index contributed by atoms with van der Waals surface area (Å²) in [4.78, 5) is 4.32. The third-order valence-electron chi connectivity index (χ3n) is 3.13. The van der Waals surface area contributed by atoms with Gasteiger partial charge in [-0.1, -0.05) is 48.0 Å². The van der Waals surface area contributed by atoms with Gasteiger partial charge in [-0.25, -0.2) is 0 Å². The van der Waals surface area contributed by atoms with Gasteiger partial charge in [-0.05, 0) is 29.1 Å². The standard InChI is InChI=1S/C16H12ClNO/c17-13-6-3-5-12(10-13)16(19)15-14-7-2-1-4-11(14)8-9-18-15/h1-10,16,19H/t16-/m1/s1. The molecule has 0 radical (unpaired) electrons. The minimum Gasteiger partial charge on any atom is -0.382 e. The van der Waals surface area contributed by atoms with Gasteiger partial charge in [0.15, 0.2) is 0 Å². The smallest absolute Gasteiger partial charge is 0.122 e. The molecule has 94 valence electrons. The summed E-state index contributed by atoms with van der Waals surface area (Å²) < 4.78 is 0. The highest BCUT2D eigenvalue weighted by Crippen LogP contribution is 2.28. The highest BCUT2D eigenvalue weighted by atomic mass is 35.5. The van der Waals surface area contributed by atoms with E-state index in [1.807, 2.05) is 42.5 Å². The van der Waals surface area contributed by atoms with E-state index < -0.39 is 6.10 Å². The topological polar surface area (TPSA) is 33.1 Å². The number of halogens is 1. The van der Waals surface area contributed by atoms with Gasteiger partial charge in [0.2, 0.25) is 0 Å². The molecule has 1 N–H and O–H groups in total. The van der Waals surface area contributed by atoms with E-state index in [0.29, 0.717) is 10.7 Å². The molecule has 0 spiro atoms. The van der Waals surface area contributed by atoms with Crippen LogP contribution in [0, 0.1) is 0 Å². The van der Waals surface area contributed by atoms with Gasteiger partial charge in [0.25, 0.3) is 0 Å². The van der Waals surface area contributed by atoms with Gasteiger partial charge in [-0.15, -0.1) is 0 Å². The number of aliphatic hydroxyl groups excluding tert-OH is 1. The summed E-state index contributed by atoms with van der Waals surface area (Å²) >= 11 is 5.96. The summed E-state index contributed by atoms with van der Waals surface area (Å²) in [6, 6.07) is 17.0. The predicted octanol–water partition coefficient (Wildman–Crippen LogP) is 3.97. The number of aromatic nitrogens is 1. The number of aliphatic hydroxyl groups is 1. The summed E-state index contributed by atoms with van der Waals surface area (Å²) in [5.41, 5.74) is 1.40. The summed E-state index contributed by atoms with van der Waals surface area (Å²) in [5.74, 6) is 0. The maximum absolute atomic E-state index is 10.5. The first-order valence-electron chi connectivity index (χ1n) is 6.03. The van der Waals surface area contributed by atoms with Gasteiger partial charge >= 0.3 is 0 Å². The molecular formula is C16H12ClNO. The van der Waals surface area contributed by atoms with Crippen molar-refractivity contribution in [1.82, 2.24) is 4.98 Å². The number of benzene rings is 2. The van der Waals surface area contributed by atoms with E-state index in [1.165, 1.54) is 0 Å². The molecule has 0 fully saturated rings. The van der Waals surface area contributed by atoms with E-state index in [-0.39, 0.29) is 0 Å². The van der Waals surface area contributed by atoms with E-state index in [4.69, 9.17) is 11.6 Å². The van der Waals surface area contributed by atoms with Crippen LogP contribution in [0.25, 0.3) is 10.8 Å². The van der Waals surface area contributed by atoms with Crippen LogP contribution < -0.4 is 0 Å². The zero-order valence-corrected chi connectivity index (χ0v) is 10.9. The fourth-order valence-electron chi connectivity index (χ4n) is 2.20. The molecule has 2 aromatic carbocycles. The van der Waals surface area contributed by atoms with Crippen molar-refractivity contribution >= 4 is 22.4 Å². The minimum absolute atomic E-state index is 0.608. The quantitative estimate of drug-likeness (QED) is 0.764. The van der Waals surface area contributed by atoms with Gasteiger partial charge in [0, 0.05) is 16.6 Å². The number of fused-ring (bicyclic) bond motifs is 1. The molecule has 3 heteroatoms. The SMILES string of the molecule is O[C@H](c1cccc(Cl)c1)c1nccc2ccccc12. The molecule has 2 nitrogen and oxygen atoms in total. The zero-order valence-electron chi connectivity index (χ0n) is 10.1. The van der Waals surface area contributed by atoms with Gasteiger partial charge in [-0.3, -0.25) is 4.98 Å². The molecule has 3 aromatic rings. The first kappa shape index (κ1) is 12.2. The molecule has 0 aliphatic carbocycles. The monoisotopic (exact) mass is 269 g/mol. The lowest BCUT2D eigenvalue weighted by Crippen LogP contribution is -2.03. The van der Waals surface area contributed by atoms with Crippen LogP contribution >= 0.6 is 11.6 Å². The number of rotatable bonds is 2. The molecule has 1 aromatic heterocycles. The van der Waals surface area contributed by atoms with E-state index in [9.17, 15) is 5.11 Å². The van der Waals surface area contributed by atoms with Crippen molar-refractivity contribution < 1.29 is 5.11 Å². The van der Waals surface area contributed by atoms with Crippen LogP contribution in [-0.4, -0.2) is 10.1 Å². The lowest BCUT2D eigenvalue weighted by molar-refractivity contribution is 0.217. The fourth-order valence-corrected chi connectivity index (χ4v) is 2.39. The van der Waals surface area contributed by atoms with Crippen molar-refractivity contribution in [2.75, 3.05) is 0 Å². The summed E-state index contributed by atoms with van der Waals surface area (Å²) in [6.07, 6.45) is 0.940. The molecule has 0 amide bonds. The number of pyridine rings is 1. The third-order valence-corrected chi connectivity index (χ3v) is 3.36. The average molecular weight is 270 g/mol. The van der Waals surface area contributed by atoms with Crippen LogP contribution in [0.2, 0.25) is 5.02 Å². The molecule has 19 heavy (non-hydrogen) atoms. The number of nitrogens with zero attached hydrogens (tertiary/aromatic N) is 1. The Bertz CT molecular complexity index is 721. The van der Waals surface area contributed by atoms with Crippen molar-refractivity contribution in [3.8, 4) is 0 Å². The van der Waals surface area contributed by atoms with Gasteiger partial charge in [-0.2, -0.15) is 0 Å². The average Bonchev–Trinajstić information content (AvgIpc) is 2.46. The van der Waals surface area contributed by atoms with Gasteiger partial charge in [0.1, 0.15) is 6.10 Å². The van der Waals surface area contributed by atoms with E-state index >= 15 is 0 Å². The van der Waals surface area contributed by atoms with Crippen LogP contribution in [0.1, 0.15) is 17.4 Å². The third kappa shape index (κ3) is 2.33. The Morgan fingerprint density at radius 1 is 1.00 bits per heavy atom. The highest BCUT2D eigenvalue weighted by Gasteiger charge is 2.15. The highest BCUT2D eigenvalue weighted by molar-refractivity contribution is 6.30. The molecule has 0 unspecified atom stereocenters. The van der Waals surface area contributed by atoms with E-state index in [0.717, 1.165) is 16.3 Å². The normalized spacial score (nSPS) is 12.5. The van der Waals surface area contributed by atoms with E-state index in [1.54, 1.807) is 18.3 Å². The molecule has 1 atom stereocenters. The van der Waals surface area contributed by atoms with Crippen molar-refractivity contribution in [3.05, 3.63) is 77.1 Å². The summed E-state index contributed by atoms with van der Waals surface area (Å²) in [5, 5.41) is 13.1. The summed E-state index contributed by atoms with van der Waals surface area (Å²) in [7, 11) is 0. The second kappa shape index (κ2) is 5.00. The maximum Gasteiger partial charge on any atom is 0.122 e. The molecule has 0 aliphatic heterocycles. The second-order valence-corrected chi connectivity index (χ2v) is 4.81. The molecule has 0 aliphatic rings. The minimum atomic E-state index is -0.773. The largest absolute Gasteiger partial charge is 0.382 e. The Morgan fingerprint density at radius 3 is 2.68 bits per heavy atom. The Balaban J connectivity index is 2.14. The molecule has 0 saturated heterocycles. The van der Waals surface area contributed by atoms with Crippen LogP contribution in [-0.2, 0) is 0 Å². The van der Waals surface area contributed by atoms with Crippen molar-refractivity contribution in [3.63, 3.8) is 0 Å². The van der Waals surface area contributed by atoms with Crippen molar-refractivity contribution in [2.45, 2.75) is 6.10 Å². The zero-order chi connectivity index (χ0) is 13.2. The van der Waals surface area contributed by atoms with Crippen LogP contribution in [0.3, 0.4) is 0 Å². The molecular weight excluding hydrogens is 258 g/mol. The Kier molecular flexibility index (Phi) is 3.20. The second-order valence-electron chi connectivity index (χ2n) is 4.37. The Morgan fingerprint density at radius 2 is 1.84 bits per heavy atom. The molecule has 0 bridgehead atoms. The van der Waals surface area contributed by atoms with Gasteiger partial charge < -0.3 is 5.11 Å².